The van der Waals surface area contributed by atoms with E-state index in [0.29, 0.717) is 13.0 Å². The minimum absolute atomic E-state index is 0.108. The lowest BCUT2D eigenvalue weighted by Crippen LogP contribution is -2.29. The van der Waals surface area contributed by atoms with Crippen LogP contribution in [0, 0.1) is 11.3 Å². The number of rotatable bonds is 2. The summed E-state index contributed by atoms with van der Waals surface area (Å²) in [6.45, 7) is 6.87. The molecular formula is C19H22F3NO. The molecular weight excluding hydrogens is 315 g/mol. The number of halogens is 3. The summed E-state index contributed by atoms with van der Waals surface area (Å²) >= 11 is 0. The lowest BCUT2D eigenvalue weighted by Gasteiger charge is -2.33. The van der Waals surface area contributed by atoms with Crippen molar-refractivity contribution >= 4 is 11.5 Å². The van der Waals surface area contributed by atoms with E-state index in [1.807, 2.05) is 4.90 Å². The van der Waals surface area contributed by atoms with Gasteiger partial charge in [0, 0.05) is 35.8 Å². The third kappa shape index (κ3) is 2.96. The summed E-state index contributed by atoms with van der Waals surface area (Å²) in [7, 11) is 0. The number of ketones is 1. The minimum Gasteiger partial charge on any atom is -0.344 e. The van der Waals surface area contributed by atoms with Crippen molar-refractivity contribution in [1.82, 2.24) is 0 Å². The van der Waals surface area contributed by atoms with Crippen molar-refractivity contribution in [1.29, 1.82) is 0 Å². The van der Waals surface area contributed by atoms with Crippen molar-refractivity contribution in [3.05, 3.63) is 41.1 Å². The van der Waals surface area contributed by atoms with Gasteiger partial charge < -0.3 is 4.90 Å². The zero-order valence-corrected chi connectivity index (χ0v) is 14.2. The number of allylic oxidation sites excluding steroid dienone is 1. The van der Waals surface area contributed by atoms with Crippen LogP contribution in [0.1, 0.15) is 45.6 Å². The molecule has 1 aliphatic heterocycles. The summed E-state index contributed by atoms with van der Waals surface area (Å²) in [6, 6.07) is 5.25. The fraction of sp³-hybridized carbons (Fsp3) is 0.526. The van der Waals surface area contributed by atoms with E-state index in [9.17, 15) is 18.0 Å². The zero-order chi connectivity index (χ0) is 17.7. The molecule has 0 amide bonds. The molecule has 0 saturated carbocycles. The molecule has 1 heterocycles. The second kappa shape index (κ2) is 5.64. The van der Waals surface area contributed by atoms with Gasteiger partial charge in [0.15, 0.2) is 5.78 Å². The Labute approximate surface area is 140 Å². The quantitative estimate of drug-likeness (QED) is 0.740. The van der Waals surface area contributed by atoms with Gasteiger partial charge in [0.1, 0.15) is 0 Å². The number of hydrogen-bond acceptors (Lipinski definition) is 2. The highest BCUT2D eigenvalue weighted by atomic mass is 19.4. The van der Waals surface area contributed by atoms with Gasteiger partial charge in [-0.1, -0.05) is 20.8 Å². The van der Waals surface area contributed by atoms with Crippen LogP contribution < -0.4 is 4.90 Å². The Balaban J connectivity index is 1.98. The normalized spacial score (nSPS) is 23.7. The maximum absolute atomic E-state index is 12.8. The van der Waals surface area contributed by atoms with E-state index in [-0.39, 0.29) is 17.1 Å². The van der Waals surface area contributed by atoms with Crippen molar-refractivity contribution in [3.8, 4) is 0 Å². The lowest BCUT2D eigenvalue weighted by atomic mass is 9.74. The van der Waals surface area contributed by atoms with Gasteiger partial charge in [0.2, 0.25) is 0 Å². The van der Waals surface area contributed by atoms with Crippen LogP contribution in [0.3, 0.4) is 0 Å². The molecule has 0 aromatic heterocycles. The Bertz CT molecular complexity index is 686. The Morgan fingerprint density at radius 3 is 2.33 bits per heavy atom. The Hall–Kier alpha value is -1.78. The fourth-order valence-corrected chi connectivity index (χ4v) is 3.85. The number of nitrogens with zero attached hydrogens (tertiary/aromatic N) is 1. The van der Waals surface area contributed by atoms with E-state index in [2.05, 4.69) is 20.8 Å². The second-order valence-electron chi connectivity index (χ2n) is 7.56. The third-order valence-electron chi connectivity index (χ3n) is 5.03. The molecule has 0 saturated heterocycles. The average Bonchev–Trinajstić information content (AvgIpc) is 2.83. The molecule has 0 spiro atoms. The minimum atomic E-state index is -4.33. The van der Waals surface area contributed by atoms with E-state index in [0.717, 1.165) is 41.9 Å². The van der Waals surface area contributed by atoms with Gasteiger partial charge in [-0.15, -0.1) is 0 Å². The monoisotopic (exact) mass is 337 g/mol. The molecule has 0 fully saturated rings. The molecule has 1 aromatic rings. The number of Topliss-reactive ketones (excluding diaryl/α,β-unsaturated/α-hetero) is 1. The van der Waals surface area contributed by atoms with Crippen LogP contribution in [-0.4, -0.2) is 12.3 Å². The van der Waals surface area contributed by atoms with Crippen LogP contribution in [0.2, 0.25) is 0 Å². The summed E-state index contributed by atoms with van der Waals surface area (Å²) in [6.07, 6.45) is -2.14. The molecule has 0 bridgehead atoms. The summed E-state index contributed by atoms with van der Waals surface area (Å²) < 4.78 is 38.3. The van der Waals surface area contributed by atoms with Gasteiger partial charge in [-0.3, -0.25) is 4.79 Å². The molecule has 0 N–H and O–H groups in total. The summed E-state index contributed by atoms with van der Waals surface area (Å²) in [5.41, 5.74) is 1.88. The predicted octanol–water partition coefficient (Wildman–Crippen LogP) is 5.19. The van der Waals surface area contributed by atoms with Crippen LogP contribution in [0.4, 0.5) is 18.9 Å². The van der Waals surface area contributed by atoms with E-state index >= 15 is 0 Å². The molecule has 0 radical (unpaired) electrons. The maximum atomic E-state index is 12.8. The molecule has 2 aliphatic rings. The van der Waals surface area contributed by atoms with Crippen LogP contribution >= 0.6 is 0 Å². The molecule has 1 aliphatic carbocycles. The Morgan fingerprint density at radius 1 is 1.17 bits per heavy atom. The van der Waals surface area contributed by atoms with Gasteiger partial charge in [-0.05, 0) is 42.5 Å². The second-order valence-corrected chi connectivity index (χ2v) is 7.56. The van der Waals surface area contributed by atoms with Crippen molar-refractivity contribution in [2.75, 3.05) is 11.4 Å². The highest BCUT2D eigenvalue weighted by Gasteiger charge is 2.42. The first kappa shape index (κ1) is 17.1. The van der Waals surface area contributed by atoms with Crippen LogP contribution in [0.5, 0.6) is 0 Å². The van der Waals surface area contributed by atoms with Gasteiger partial charge in [-0.25, -0.2) is 0 Å². The highest BCUT2D eigenvalue weighted by molar-refractivity contribution is 5.99. The average molecular weight is 337 g/mol. The Morgan fingerprint density at radius 2 is 1.79 bits per heavy atom. The Kier molecular flexibility index (Phi) is 4.01. The first-order valence-electron chi connectivity index (χ1n) is 8.33. The summed E-state index contributed by atoms with van der Waals surface area (Å²) in [4.78, 5) is 14.6. The SMILES string of the molecule is CCC1CN(c2ccc(C(F)(F)F)cc2)C2=C1C(=O)CC(C)(C)C2. The standard InChI is InChI=1S/C19H22F3NO/c1-4-12-11-23(14-7-5-13(6-8-14)19(20,21)22)15-9-18(2,3)10-16(24)17(12)15/h5-8,12H,4,9-11H2,1-3H3. The number of benzene rings is 1. The van der Waals surface area contributed by atoms with Gasteiger partial charge in [0.05, 0.1) is 5.56 Å². The highest BCUT2D eigenvalue weighted by Crippen LogP contribution is 2.46. The van der Waals surface area contributed by atoms with Gasteiger partial charge in [-0.2, -0.15) is 13.2 Å². The van der Waals surface area contributed by atoms with Crippen LogP contribution in [0.25, 0.3) is 0 Å². The molecule has 1 atom stereocenters. The molecule has 1 unspecified atom stereocenters. The van der Waals surface area contributed by atoms with Crippen LogP contribution in [-0.2, 0) is 11.0 Å². The molecule has 3 rings (SSSR count). The molecule has 2 nitrogen and oxygen atoms in total. The first-order chi connectivity index (χ1) is 11.1. The predicted molar refractivity (Wildman–Crippen MR) is 87.6 cm³/mol. The van der Waals surface area contributed by atoms with Crippen LogP contribution in [0.15, 0.2) is 35.5 Å². The topological polar surface area (TPSA) is 20.3 Å². The molecule has 5 heteroatoms. The number of anilines is 1. The summed E-state index contributed by atoms with van der Waals surface area (Å²) in [5.74, 6) is 0.369. The van der Waals surface area contributed by atoms with Crippen molar-refractivity contribution in [3.63, 3.8) is 0 Å². The van der Waals surface area contributed by atoms with Gasteiger partial charge in [0.25, 0.3) is 0 Å². The molecule has 1 aromatic carbocycles. The van der Waals surface area contributed by atoms with E-state index < -0.39 is 11.7 Å². The lowest BCUT2D eigenvalue weighted by molar-refractivity contribution is -0.137. The summed E-state index contributed by atoms with van der Waals surface area (Å²) in [5, 5.41) is 0. The molecule has 24 heavy (non-hydrogen) atoms. The number of carbonyl (C=O) groups is 1. The van der Waals surface area contributed by atoms with Gasteiger partial charge >= 0.3 is 6.18 Å². The fourth-order valence-electron chi connectivity index (χ4n) is 3.85. The largest absolute Gasteiger partial charge is 0.416 e. The van der Waals surface area contributed by atoms with E-state index in [1.54, 1.807) is 0 Å². The first-order valence-corrected chi connectivity index (χ1v) is 8.33. The smallest absolute Gasteiger partial charge is 0.344 e. The molecule has 130 valence electrons. The van der Waals surface area contributed by atoms with E-state index in [4.69, 9.17) is 0 Å². The third-order valence-corrected chi connectivity index (χ3v) is 5.03. The van der Waals surface area contributed by atoms with Crippen molar-refractivity contribution in [2.24, 2.45) is 11.3 Å². The van der Waals surface area contributed by atoms with E-state index in [1.165, 1.54) is 12.1 Å². The number of carbonyl (C=O) groups excluding carboxylic acids is 1. The van der Waals surface area contributed by atoms with Crippen molar-refractivity contribution in [2.45, 2.75) is 46.2 Å². The van der Waals surface area contributed by atoms with Crippen molar-refractivity contribution < 1.29 is 18.0 Å². The maximum Gasteiger partial charge on any atom is 0.416 e. The zero-order valence-electron chi connectivity index (χ0n) is 14.2. The number of hydrogen-bond donors (Lipinski definition) is 0. The number of alkyl halides is 3.